The fraction of sp³-hybridized carbons (Fsp3) is 0.0435. The number of benzene rings is 3. The first-order valence-corrected chi connectivity index (χ1v) is 13.5. The molecular weight excluding hydrogens is 621 g/mol. The van der Waals surface area contributed by atoms with Crippen molar-refractivity contribution in [2.75, 3.05) is 7.11 Å². The first kappa shape index (κ1) is 24.1. The van der Waals surface area contributed by atoms with Crippen molar-refractivity contribution in [1.82, 2.24) is 9.38 Å². The second kappa shape index (κ2) is 9.15. The van der Waals surface area contributed by atoms with Gasteiger partial charge < -0.3 is 8.92 Å². The van der Waals surface area contributed by atoms with Crippen LogP contribution in [-0.2, 0) is 10.1 Å². The molecule has 5 rings (SSSR count). The zero-order valence-corrected chi connectivity index (χ0v) is 22.0. The standard InChI is InChI=1S/C23H14IN3O7S2/c1-33-19-11-13(12-20-22(28)26-18-5-3-2-4-17(18)25-23(26)35-20)10-16(24)21(19)34-36(31,32)15-8-6-14(7-9-15)27(29)30/h2-12H,1H3/b20-12-. The Kier molecular flexibility index (Phi) is 6.13. The predicted molar refractivity (Wildman–Crippen MR) is 142 cm³/mol. The fourth-order valence-corrected chi connectivity index (χ4v) is 6.39. The lowest BCUT2D eigenvalue weighted by Crippen LogP contribution is -2.22. The van der Waals surface area contributed by atoms with Gasteiger partial charge in [-0.3, -0.25) is 14.9 Å². The minimum absolute atomic E-state index is 0.0390. The Morgan fingerprint density at radius 1 is 1.14 bits per heavy atom. The van der Waals surface area contributed by atoms with Crippen LogP contribution in [0.25, 0.3) is 22.1 Å². The van der Waals surface area contributed by atoms with E-state index in [1.807, 2.05) is 46.9 Å². The van der Waals surface area contributed by atoms with E-state index < -0.39 is 15.0 Å². The first-order chi connectivity index (χ1) is 17.2. The highest BCUT2D eigenvalue weighted by Gasteiger charge is 2.23. The number of nitro benzene ring substituents is 1. The summed E-state index contributed by atoms with van der Waals surface area (Å²) in [5, 5.41) is 10.8. The summed E-state index contributed by atoms with van der Waals surface area (Å²) < 4.78 is 38.7. The van der Waals surface area contributed by atoms with E-state index in [4.69, 9.17) is 8.92 Å². The van der Waals surface area contributed by atoms with Crippen molar-refractivity contribution >= 4 is 71.8 Å². The van der Waals surface area contributed by atoms with E-state index in [1.165, 1.54) is 18.4 Å². The van der Waals surface area contributed by atoms with Gasteiger partial charge in [0.05, 0.1) is 31.2 Å². The molecule has 0 saturated heterocycles. The highest BCUT2D eigenvalue weighted by atomic mass is 127. The van der Waals surface area contributed by atoms with Gasteiger partial charge >= 0.3 is 10.1 Å². The average Bonchev–Trinajstić information content (AvgIpc) is 3.36. The molecule has 0 unspecified atom stereocenters. The number of aromatic nitrogens is 2. The molecule has 10 nitrogen and oxygen atoms in total. The molecule has 182 valence electrons. The number of para-hydroxylation sites is 2. The highest BCUT2D eigenvalue weighted by molar-refractivity contribution is 14.1. The third kappa shape index (κ3) is 4.29. The van der Waals surface area contributed by atoms with E-state index in [9.17, 15) is 23.3 Å². The summed E-state index contributed by atoms with van der Waals surface area (Å²) in [6.45, 7) is 0. The SMILES string of the molecule is COc1cc(/C=c2\sc3nc4ccccc4n3c2=O)cc(I)c1OS(=O)(=O)c1ccc([N+](=O)[O-])cc1. The van der Waals surface area contributed by atoms with Crippen molar-refractivity contribution in [2.24, 2.45) is 0 Å². The lowest BCUT2D eigenvalue weighted by molar-refractivity contribution is -0.384. The van der Waals surface area contributed by atoms with Crippen molar-refractivity contribution in [3.63, 3.8) is 0 Å². The van der Waals surface area contributed by atoms with Crippen LogP contribution in [0.1, 0.15) is 5.56 Å². The van der Waals surface area contributed by atoms with E-state index >= 15 is 0 Å². The van der Waals surface area contributed by atoms with Crippen LogP contribution in [0.15, 0.2) is 70.4 Å². The van der Waals surface area contributed by atoms with Crippen molar-refractivity contribution in [3.05, 3.63) is 94.8 Å². The Balaban J connectivity index is 1.53. The number of ether oxygens (including phenoxy) is 1. The van der Waals surface area contributed by atoms with Crippen molar-refractivity contribution in [3.8, 4) is 11.5 Å². The number of halogens is 1. The Morgan fingerprint density at radius 3 is 2.56 bits per heavy atom. The Bertz CT molecular complexity index is 1880. The zero-order chi connectivity index (χ0) is 25.6. The number of imidazole rings is 1. The molecule has 0 amide bonds. The largest absolute Gasteiger partial charge is 0.493 e. The number of hydrogen-bond acceptors (Lipinski definition) is 9. The van der Waals surface area contributed by atoms with Gasteiger partial charge in [-0.2, -0.15) is 8.42 Å². The summed E-state index contributed by atoms with van der Waals surface area (Å²) in [7, 11) is -2.93. The third-order valence-corrected chi connectivity index (χ3v) is 8.23. The second-order valence-electron chi connectivity index (χ2n) is 7.46. The van der Waals surface area contributed by atoms with Crippen LogP contribution >= 0.6 is 33.9 Å². The summed E-state index contributed by atoms with van der Waals surface area (Å²) in [6, 6.07) is 14.9. The molecule has 2 heterocycles. The first-order valence-electron chi connectivity index (χ1n) is 10.2. The Hall–Kier alpha value is -3.56. The number of fused-ring (bicyclic) bond motifs is 3. The van der Waals surface area contributed by atoms with Crippen LogP contribution < -0.4 is 19.0 Å². The summed E-state index contributed by atoms with van der Waals surface area (Å²) in [5.74, 6) is 0.0980. The lowest BCUT2D eigenvalue weighted by Gasteiger charge is -2.13. The number of nitrogens with zero attached hydrogens (tertiary/aromatic N) is 3. The second-order valence-corrected chi connectivity index (χ2v) is 11.2. The maximum atomic E-state index is 13.0. The van der Waals surface area contributed by atoms with Gasteiger partial charge in [-0.05, 0) is 70.6 Å². The molecule has 0 aliphatic rings. The predicted octanol–water partition coefficient (Wildman–Crippen LogP) is 3.75. The molecule has 36 heavy (non-hydrogen) atoms. The smallest absolute Gasteiger partial charge is 0.339 e. The van der Waals surface area contributed by atoms with Crippen LogP contribution in [0.5, 0.6) is 11.5 Å². The third-order valence-electron chi connectivity index (χ3n) is 5.22. The van der Waals surface area contributed by atoms with Gasteiger partial charge in [0.1, 0.15) is 4.90 Å². The summed E-state index contributed by atoms with van der Waals surface area (Å²) in [6.07, 6.45) is 1.68. The molecule has 13 heteroatoms. The van der Waals surface area contributed by atoms with E-state index in [0.29, 0.717) is 18.6 Å². The number of non-ortho nitro benzene ring substituents is 1. The minimum Gasteiger partial charge on any atom is -0.493 e. The molecule has 3 aromatic carbocycles. The normalized spacial score (nSPS) is 12.3. The van der Waals surface area contributed by atoms with Crippen LogP contribution in [0.2, 0.25) is 0 Å². The van der Waals surface area contributed by atoms with Gasteiger partial charge in [0.15, 0.2) is 16.5 Å². The number of nitro groups is 1. The van der Waals surface area contributed by atoms with Crippen molar-refractivity contribution < 1.29 is 22.3 Å². The maximum absolute atomic E-state index is 13.0. The molecular formula is C23H14IN3O7S2. The van der Waals surface area contributed by atoms with Gasteiger partial charge in [-0.25, -0.2) is 9.38 Å². The fourth-order valence-electron chi connectivity index (χ4n) is 3.56. The molecule has 5 aromatic rings. The molecule has 0 saturated carbocycles. The molecule has 0 atom stereocenters. The Labute approximate surface area is 220 Å². The quantitative estimate of drug-likeness (QED) is 0.119. The monoisotopic (exact) mass is 635 g/mol. The summed E-state index contributed by atoms with van der Waals surface area (Å²) in [4.78, 5) is 28.1. The average molecular weight is 635 g/mol. The summed E-state index contributed by atoms with van der Waals surface area (Å²) >= 11 is 3.16. The number of hydrogen-bond donors (Lipinski definition) is 0. The van der Waals surface area contributed by atoms with Crippen molar-refractivity contribution in [2.45, 2.75) is 4.90 Å². The topological polar surface area (TPSA) is 130 Å². The van der Waals surface area contributed by atoms with Gasteiger partial charge in [0, 0.05) is 12.1 Å². The lowest BCUT2D eigenvalue weighted by atomic mass is 10.2. The molecule has 0 aliphatic heterocycles. The van der Waals surface area contributed by atoms with Crippen molar-refractivity contribution in [1.29, 1.82) is 0 Å². The molecule has 0 aliphatic carbocycles. The van der Waals surface area contributed by atoms with E-state index in [1.54, 1.807) is 22.6 Å². The van der Waals surface area contributed by atoms with Crippen LogP contribution in [0.3, 0.4) is 0 Å². The molecule has 0 spiro atoms. The maximum Gasteiger partial charge on any atom is 0.339 e. The van der Waals surface area contributed by atoms with Gasteiger partial charge in [0.2, 0.25) is 0 Å². The highest BCUT2D eigenvalue weighted by Crippen LogP contribution is 2.36. The van der Waals surface area contributed by atoms with Gasteiger partial charge in [-0.15, -0.1) is 0 Å². The van der Waals surface area contributed by atoms with Crippen LogP contribution in [-0.4, -0.2) is 29.8 Å². The van der Waals surface area contributed by atoms with E-state index in [2.05, 4.69) is 4.98 Å². The minimum atomic E-state index is -4.30. The number of thiazole rings is 1. The number of rotatable bonds is 6. The molecule has 2 aromatic heterocycles. The summed E-state index contributed by atoms with van der Waals surface area (Å²) in [5.41, 5.74) is 1.61. The van der Waals surface area contributed by atoms with E-state index in [-0.39, 0.29) is 27.6 Å². The Morgan fingerprint density at radius 2 is 1.86 bits per heavy atom. The van der Waals surface area contributed by atoms with Crippen LogP contribution in [0, 0.1) is 13.7 Å². The van der Waals surface area contributed by atoms with E-state index in [0.717, 1.165) is 35.3 Å². The van der Waals surface area contributed by atoms with Crippen LogP contribution in [0.4, 0.5) is 5.69 Å². The zero-order valence-electron chi connectivity index (χ0n) is 18.2. The van der Waals surface area contributed by atoms with Gasteiger partial charge in [0.25, 0.3) is 11.2 Å². The molecule has 0 fully saturated rings. The molecule has 0 bridgehead atoms. The number of methoxy groups -OCH3 is 1. The van der Waals surface area contributed by atoms with Gasteiger partial charge in [-0.1, -0.05) is 23.5 Å². The molecule has 0 radical (unpaired) electrons. The molecule has 0 N–H and O–H groups in total.